The molecule has 2 aliphatic heterocycles. The van der Waals surface area contributed by atoms with Crippen LogP contribution in [0.25, 0.3) is 0 Å². The lowest BCUT2D eigenvalue weighted by molar-refractivity contribution is 0.160. The number of rotatable bonds is 4. The average Bonchev–Trinajstić information content (AvgIpc) is 3.13. The Hall–Kier alpha value is -3.31. The first-order valence-corrected chi connectivity index (χ1v) is 12.5. The lowest BCUT2D eigenvalue weighted by Crippen LogP contribution is -2.46. The number of fused-ring (bicyclic) bond motifs is 2. The molecule has 0 saturated carbocycles. The second-order valence-corrected chi connectivity index (χ2v) is 10.3. The summed E-state index contributed by atoms with van der Waals surface area (Å²) < 4.78 is 5.57. The molecule has 182 valence electrons. The van der Waals surface area contributed by atoms with Gasteiger partial charge in [-0.1, -0.05) is 41.5 Å². The van der Waals surface area contributed by atoms with Crippen molar-refractivity contribution >= 4 is 17.4 Å². The molecule has 0 unspecified atom stereocenters. The summed E-state index contributed by atoms with van der Waals surface area (Å²) in [6, 6.07) is 20.9. The lowest BCUT2D eigenvalue weighted by Gasteiger charge is -2.40. The van der Waals surface area contributed by atoms with E-state index in [0.717, 1.165) is 55.2 Å². The number of likely N-dealkylation sites (tertiary alicyclic amines) is 1. The van der Waals surface area contributed by atoms with Crippen LogP contribution in [0.1, 0.15) is 40.7 Å². The Kier molecular flexibility index (Phi) is 6.28. The summed E-state index contributed by atoms with van der Waals surface area (Å²) in [5, 5.41) is 3.11. The van der Waals surface area contributed by atoms with Gasteiger partial charge in [0.15, 0.2) is 0 Å². The van der Waals surface area contributed by atoms with Crippen LogP contribution in [0.3, 0.4) is 0 Å². The van der Waals surface area contributed by atoms with Gasteiger partial charge in [-0.2, -0.15) is 0 Å². The predicted molar refractivity (Wildman–Crippen MR) is 143 cm³/mol. The van der Waals surface area contributed by atoms with Crippen molar-refractivity contribution in [3.8, 4) is 5.75 Å². The highest BCUT2D eigenvalue weighted by molar-refractivity contribution is 6.03. The molecule has 2 heterocycles. The maximum atomic E-state index is 13.4. The van der Waals surface area contributed by atoms with Crippen LogP contribution >= 0.6 is 0 Å². The number of nitrogens with zero attached hydrogens (tertiary/aromatic N) is 2. The van der Waals surface area contributed by atoms with E-state index in [2.05, 4.69) is 48.3 Å². The standard InChI is InChI=1S/C30H35N3O2/c1-21-6-5-7-25(17-21)31-29(34)33-20-30(27-18-26(35-4)8-9-28(27)33)10-12-32(13-11-30)19-24-15-22(2)14-23(3)16-24/h5-9,14-18H,10-13,19-20H2,1-4H3,(H,31,34). The molecule has 5 nitrogen and oxygen atoms in total. The molecular weight excluding hydrogens is 434 g/mol. The number of urea groups is 1. The Bertz CT molecular complexity index is 1220. The molecule has 0 bridgehead atoms. The van der Waals surface area contributed by atoms with Gasteiger partial charge in [0, 0.05) is 29.9 Å². The first-order chi connectivity index (χ1) is 16.8. The lowest BCUT2D eigenvalue weighted by atomic mass is 9.74. The van der Waals surface area contributed by atoms with E-state index < -0.39 is 0 Å². The summed E-state index contributed by atoms with van der Waals surface area (Å²) in [7, 11) is 1.71. The fourth-order valence-corrected chi connectivity index (χ4v) is 5.86. The van der Waals surface area contributed by atoms with Gasteiger partial charge in [0.25, 0.3) is 0 Å². The zero-order valence-corrected chi connectivity index (χ0v) is 21.2. The summed E-state index contributed by atoms with van der Waals surface area (Å²) in [5.74, 6) is 0.849. The van der Waals surface area contributed by atoms with Crippen molar-refractivity contribution in [3.05, 3.63) is 88.5 Å². The van der Waals surface area contributed by atoms with Crippen molar-refractivity contribution in [1.82, 2.24) is 4.90 Å². The highest BCUT2D eigenvalue weighted by Gasteiger charge is 2.46. The number of hydrogen-bond donors (Lipinski definition) is 1. The number of anilines is 2. The number of hydrogen-bond acceptors (Lipinski definition) is 3. The zero-order chi connectivity index (χ0) is 24.6. The van der Waals surface area contributed by atoms with Gasteiger partial charge in [-0.3, -0.25) is 9.80 Å². The number of benzene rings is 3. The number of aryl methyl sites for hydroxylation is 3. The van der Waals surface area contributed by atoms with Crippen molar-refractivity contribution in [1.29, 1.82) is 0 Å². The smallest absolute Gasteiger partial charge is 0.326 e. The van der Waals surface area contributed by atoms with Gasteiger partial charge in [0.1, 0.15) is 5.75 Å². The van der Waals surface area contributed by atoms with E-state index in [1.807, 2.05) is 48.2 Å². The second-order valence-electron chi connectivity index (χ2n) is 10.3. The number of carbonyl (C=O) groups is 1. The minimum atomic E-state index is -0.0726. The summed E-state index contributed by atoms with van der Waals surface area (Å²) in [6.07, 6.45) is 2.04. The fourth-order valence-electron chi connectivity index (χ4n) is 5.86. The fraction of sp³-hybridized carbons (Fsp3) is 0.367. The Balaban J connectivity index is 1.36. The van der Waals surface area contributed by atoms with Crippen LogP contribution < -0.4 is 15.0 Å². The van der Waals surface area contributed by atoms with Crippen molar-refractivity contribution in [2.45, 2.75) is 45.6 Å². The Morgan fingerprint density at radius 1 is 0.943 bits per heavy atom. The highest BCUT2D eigenvalue weighted by Crippen LogP contribution is 2.48. The van der Waals surface area contributed by atoms with E-state index in [-0.39, 0.29) is 11.4 Å². The van der Waals surface area contributed by atoms with Crippen LogP contribution in [0, 0.1) is 20.8 Å². The van der Waals surface area contributed by atoms with Gasteiger partial charge in [-0.05, 0) is 93.7 Å². The number of nitrogens with one attached hydrogen (secondary N) is 1. The molecule has 3 aromatic carbocycles. The van der Waals surface area contributed by atoms with E-state index in [0.29, 0.717) is 6.54 Å². The van der Waals surface area contributed by atoms with Crippen LogP contribution in [-0.4, -0.2) is 37.7 Å². The summed E-state index contributed by atoms with van der Waals surface area (Å²) in [4.78, 5) is 17.9. The maximum Gasteiger partial charge on any atom is 0.326 e. The molecule has 1 saturated heterocycles. The zero-order valence-electron chi connectivity index (χ0n) is 21.2. The van der Waals surface area contributed by atoms with Crippen LogP contribution in [0.5, 0.6) is 5.75 Å². The summed E-state index contributed by atoms with van der Waals surface area (Å²) >= 11 is 0. The SMILES string of the molecule is COc1ccc2c(c1)C1(CCN(Cc3cc(C)cc(C)c3)CC1)CN2C(=O)Nc1cccc(C)c1. The molecule has 5 heteroatoms. The number of piperidine rings is 1. The quantitative estimate of drug-likeness (QED) is 0.494. The van der Waals surface area contributed by atoms with Crippen molar-refractivity contribution < 1.29 is 9.53 Å². The maximum absolute atomic E-state index is 13.4. The molecule has 35 heavy (non-hydrogen) atoms. The molecule has 1 spiro atoms. The van der Waals surface area contributed by atoms with Gasteiger partial charge in [-0.25, -0.2) is 4.79 Å². The van der Waals surface area contributed by atoms with Crippen LogP contribution in [0.4, 0.5) is 16.2 Å². The number of carbonyl (C=O) groups excluding carboxylic acids is 1. The van der Waals surface area contributed by atoms with Crippen LogP contribution in [0.15, 0.2) is 60.7 Å². The topological polar surface area (TPSA) is 44.8 Å². The summed E-state index contributed by atoms with van der Waals surface area (Å²) in [6.45, 7) is 10.1. The first kappa shape index (κ1) is 23.4. The molecule has 2 aliphatic rings. The van der Waals surface area contributed by atoms with Crippen LogP contribution in [-0.2, 0) is 12.0 Å². The average molecular weight is 470 g/mol. The van der Waals surface area contributed by atoms with E-state index >= 15 is 0 Å². The van der Waals surface area contributed by atoms with E-state index in [1.54, 1.807) is 7.11 Å². The first-order valence-electron chi connectivity index (χ1n) is 12.5. The highest BCUT2D eigenvalue weighted by atomic mass is 16.5. The molecule has 5 rings (SSSR count). The normalized spacial score (nSPS) is 16.9. The van der Waals surface area contributed by atoms with E-state index in [9.17, 15) is 4.79 Å². The third kappa shape index (κ3) is 4.78. The molecule has 1 fully saturated rings. The van der Waals surface area contributed by atoms with E-state index in [4.69, 9.17) is 4.74 Å². The molecule has 0 atom stereocenters. The minimum Gasteiger partial charge on any atom is -0.497 e. The van der Waals surface area contributed by atoms with Crippen LogP contribution in [0.2, 0.25) is 0 Å². The molecule has 0 radical (unpaired) electrons. The largest absolute Gasteiger partial charge is 0.497 e. The van der Waals surface area contributed by atoms with Gasteiger partial charge >= 0.3 is 6.03 Å². The van der Waals surface area contributed by atoms with Gasteiger partial charge in [0.05, 0.1) is 7.11 Å². The van der Waals surface area contributed by atoms with E-state index in [1.165, 1.54) is 22.3 Å². The Morgan fingerprint density at radius 2 is 1.69 bits per heavy atom. The molecule has 3 aromatic rings. The van der Waals surface area contributed by atoms with Crippen molar-refractivity contribution in [2.24, 2.45) is 0 Å². The predicted octanol–water partition coefficient (Wildman–Crippen LogP) is 6.21. The van der Waals surface area contributed by atoms with Crippen molar-refractivity contribution in [2.75, 3.05) is 37.0 Å². The molecule has 2 amide bonds. The number of methoxy groups -OCH3 is 1. The third-order valence-electron chi connectivity index (χ3n) is 7.54. The monoisotopic (exact) mass is 469 g/mol. The Morgan fingerprint density at radius 3 is 2.37 bits per heavy atom. The van der Waals surface area contributed by atoms with Crippen molar-refractivity contribution in [3.63, 3.8) is 0 Å². The third-order valence-corrected chi connectivity index (χ3v) is 7.54. The molecule has 0 aliphatic carbocycles. The molecule has 1 N–H and O–H groups in total. The molecular formula is C30H35N3O2. The summed E-state index contributed by atoms with van der Waals surface area (Å²) in [5.41, 5.74) is 8.16. The molecule has 0 aromatic heterocycles. The van der Waals surface area contributed by atoms with Gasteiger partial charge < -0.3 is 10.1 Å². The number of amides is 2. The Labute approximate surface area is 208 Å². The number of ether oxygens (including phenoxy) is 1. The van der Waals surface area contributed by atoms with Gasteiger partial charge in [-0.15, -0.1) is 0 Å². The second kappa shape index (κ2) is 9.38. The van der Waals surface area contributed by atoms with Gasteiger partial charge in [0.2, 0.25) is 0 Å². The minimum absolute atomic E-state index is 0.0488.